The summed E-state index contributed by atoms with van der Waals surface area (Å²) in [6, 6.07) is 7.72. The minimum Gasteiger partial charge on any atom is -0.490 e. The maximum atomic E-state index is 11.7. The van der Waals surface area contributed by atoms with Crippen LogP contribution in [0.15, 0.2) is 24.3 Å². The van der Waals surface area contributed by atoms with Crippen LogP contribution < -0.4 is 4.74 Å². The van der Waals surface area contributed by atoms with Gasteiger partial charge in [-0.3, -0.25) is 4.79 Å². The van der Waals surface area contributed by atoms with E-state index in [0.717, 1.165) is 54.9 Å². The molecule has 1 saturated carbocycles. The van der Waals surface area contributed by atoms with E-state index in [4.69, 9.17) is 4.74 Å². The topological polar surface area (TPSA) is 46.5 Å². The molecule has 108 valence electrons. The highest BCUT2D eigenvalue weighted by Gasteiger charge is 2.47. The van der Waals surface area contributed by atoms with Gasteiger partial charge in [0.2, 0.25) is 0 Å². The van der Waals surface area contributed by atoms with Crippen molar-refractivity contribution in [2.45, 2.75) is 43.6 Å². The van der Waals surface area contributed by atoms with Crippen LogP contribution in [0.5, 0.6) is 5.75 Å². The van der Waals surface area contributed by atoms with E-state index < -0.39 is 11.4 Å². The summed E-state index contributed by atoms with van der Waals surface area (Å²) in [5.41, 5.74) is 0.164. The zero-order valence-electron chi connectivity index (χ0n) is 11.5. The van der Waals surface area contributed by atoms with E-state index in [1.807, 2.05) is 36.0 Å². The number of rotatable bonds is 4. The predicted molar refractivity (Wildman–Crippen MR) is 80.6 cm³/mol. The Kier molecular flexibility index (Phi) is 3.92. The Morgan fingerprint density at radius 3 is 2.55 bits per heavy atom. The molecule has 20 heavy (non-hydrogen) atoms. The fourth-order valence-electron chi connectivity index (χ4n) is 3.07. The molecule has 0 atom stereocenters. The van der Waals surface area contributed by atoms with Crippen LogP contribution >= 0.6 is 11.8 Å². The Morgan fingerprint density at radius 2 is 1.95 bits per heavy atom. The Labute approximate surface area is 123 Å². The average Bonchev–Trinajstić information content (AvgIpc) is 2.40. The number of aliphatic carboxylic acids is 1. The van der Waals surface area contributed by atoms with Gasteiger partial charge in [-0.1, -0.05) is 24.6 Å². The third kappa shape index (κ3) is 2.41. The molecule has 2 fully saturated rings. The molecule has 3 rings (SSSR count). The molecule has 0 amide bonds. The van der Waals surface area contributed by atoms with Crippen LogP contribution in [0.4, 0.5) is 0 Å². The lowest BCUT2D eigenvalue weighted by molar-refractivity contribution is -0.147. The summed E-state index contributed by atoms with van der Waals surface area (Å²) < 4.78 is 6.14. The van der Waals surface area contributed by atoms with Gasteiger partial charge in [-0.15, -0.1) is 0 Å². The first kappa shape index (κ1) is 13.8. The Hall–Kier alpha value is -1.16. The van der Waals surface area contributed by atoms with E-state index in [-0.39, 0.29) is 6.10 Å². The van der Waals surface area contributed by atoms with E-state index in [2.05, 4.69) is 0 Å². The highest BCUT2D eigenvalue weighted by molar-refractivity contribution is 7.99. The van der Waals surface area contributed by atoms with Crippen molar-refractivity contribution >= 4 is 17.7 Å². The minimum absolute atomic E-state index is 0.239. The number of carboxylic acid groups (broad SMARTS) is 1. The van der Waals surface area contributed by atoms with E-state index in [1.54, 1.807) is 0 Å². The summed E-state index contributed by atoms with van der Waals surface area (Å²) in [6.07, 6.45) is 4.79. The summed E-state index contributed by atoms with van der Waals surface area (Å²) in [5, 5.41) is 9.61. The second kappa shape index (κ2) is 5.68. The summed E-state index contributed by atoms with van der Waals surface area (Å²) in [5.74, 6) is 2.35. The molecular formula is C16H20O3S. The quantitative estimate of drug-likeness (QED) is 0.923. The first-order valence-electron chi connectivity index (χ1n) is 7.30. The molecule has 1 aliphatic carbocycles. The standard InChI is InChI=1S/C16H20O3S/c17-15(18)16(8-3-9-16)13-4-1-2-5-14(13)19-12-6-10-20-11-7-12/h1-2,4-5,12H,3,6-11H2,(H,17,18). The lowest BCUT2D eigenvalue weighted by Crippen LogP contribution is -2.42. The maximum Gasteiger partial charge on any atom is 0.314 e. The molecule has 0 bridgehead atoms. The molecule has 0 spiro atoms. The van der Waals surface area contributed by atoms with Gasteiger partial charge in [-0.25, -0.2) is 0 Å². The van der Waals surface area contributed by atoms with Crippen molar-refractivity contribution in [3.05, 3.63) is 29.8 Å². The number of hydrogen-bond acceptors (Lipinski definition) is 3. The molecule has 1 saturated heterocycles. The molecule has 0 unspecified atom stereocenters. The van der Waals surface area contributed by atoms with Gasteiger partial charge < -0.3 is 9.84 Å². The Morgan fingerprint density at radius 1 is 1.25 bits per heavy atom. The molecule has 2 aliphatic rings. The molecule has 0 radical (unpaired) electrons. The van der Waals surface area contributed by atoms with E-state index in [9.17, 15) is 9.90 Å². The first-order chi connectivity index (χ1) is 9.72. The average molecular weight is 292 g/mol. The van der Waals surface area contributed by atoms with Crippen molar-refractivity contribution in [1.82, 2.24) is 0 Å². The SMILES string of the molecule is O=C(O)C1(c2ccccc2OC2CCSCC2)CCC1. The molecule has 1 heterocycles. The number of para-hydroxylation sites is 1. The molecule has 1 aromatic carbocycles. The van der Waals surface area contributed by atoms with Crippen LogP contribution in [-0.2, 0) is 10.2 Å². The van der Waals surface area contributed by atoms with Gasteiger partial charge in [0.25, 0.3) is 0 Å². The van der Waals surface area contributed by atoms with Crippen LogP contribution in [-0.4, -0.2) is 28.7 Å². The lowest BCUT2D eigenvalue weighted by Gasteiger charge is -2.39. The Balaban J connectivity index is 1.86. The highest BCUT2D eigenvalue weighted by atomic mass is 32.2. The van der Waals surface area contributed by atoms with Gasteiger partial charge in [0, 0.05) is 5.56 Å². The van der Waals surface area contributed by atoms with Crippen molar-refractivity contribution in [3.8, 4) is 5.75 Å². The Bertz CT molecular complexity index is 490. The summed E-state index contributed by atoms with van der Waals surface area (Å²) in [6.45, 7) is 0. The van der Waals surface area contributed by atoms with Gasteiger partial charge >= 0.3 is 5.97 Å². The first-order valence-corrected chi connectivity index (χ1v) is 8.45. The smallest absolute Gasteiger partial charge is 0.314 e. The monoisotopic (exact) mass is 292 g/mol. The van der Waals surface area contributed by atoms with Crippen LogP contribution in [0.25, 0.3) is 0 Å². The van der Waals surface area contributed by atoms with Crippen molar-refractivity contribution in [3.63, 3.8) is 0 Å². The van der Waals surface area contributed by atoms with Gasteiger partial charge in [0.15, 0.2) is 0 Å². The largest absolute Gasteiger partial charge is 0.490 e. The molecule has 0 aromatic heterocycles. The number of ether oxygens (including phenoxy) is 1. The zero-order valence-corrected chi connectivity index (χ0v) is 12.3. The lowest BCUT2D eigenvalue weighted by atomic mass is 9.64. The molecule has 4 heteroatoms. The minimum atomic E-state index is -0.709. The third-order valence-electron chi connectivity index (χ3n) is 4.48. The molecule has 1 N–H and O–H groups in total. The molecule has 1 aromatic rings. The zero-order chi connectivity index (χ0) is 14.0. The van der Waals surface area contributed by atoms with Crippen molar-refractivity contribution in [1.29, 1.82) is 0 Å². The van der Waals surface area contributed by atoms with Crippen molar-refractivity contribution in [2.24, 2.45) is 0 Å². The molecule has 3 nitrogen and oxygen atoms in total. The fourth-order valence-corrected chi connectivity index (χ4v) is 4.13. The van der Waals surface area contributed by atoms with Gasteiger partial charge in [-0.2, -0.15) is 11.8 Å². The summed E-state index contributed by atoms with van der Waals surface area (Å²) >= 11 is 1.97. The van der Waals surface area contributed by atoms with Gasteiger partial charge in [0.1, 0.15) is 11.9 Å². The second-order valence-corrected chi connectivity index (χ2v) is 6.89. The predicted octanol–water partition coefficient (Wildman–Crippen LogP) is 3.47. The van der Waals surface area contributed by atoms with Crippen LogP contribution in [0.2, 0.25) is 0 Å². The van der Waals surface area contributed by atoms with Crippen LogP contribution in [0, 0.1) is 0 Å². The maximum absolute atomic E-state index is 11.7. The number of carboxylic acids is 1. The fraction of sp³-hybridized carbons (Fsp3) is 0.562. The highest BCUT2D eigenvalue weighted by Crippen LogP contribution is 2.47. The number of thioether (sulfide) groups is 1. The number of hydrogen-bond donors (Lipinski definition) is 1. The summed E-state index contributed by atoms with van der Waals surface area (Å²) in [4.78, 5) is 11.7. The number of benzene rings is 1. The molecule has 1 aliphatic heterocycles. The van der Waals surface area contributed by atoms with E-state index >= 15 is 0 Å². The van der Waals surface area contributed by atoms with Gasteiger partial charge in [-0.05, 0) is 43.3 Å². The van der Waals surface area contributed by atoms with Crippen LogP contribution in [0.1, 0.15) is 37.7 Å². The van der Waals surface area contributed by atoms with Gasteiger partial charge in [0.05, 0.1) is 5.41 Å². The van der Waals surface area contributed by atoms with E-state index in [0.29, 0.717) is 0 Å². The number of carbonyl (C=O) groups is 1. The molecular weight excluding hydrogens is 272 g/mol. The van der Waals surface area contributed by atoms with Crippen molar-refractivity contribution in [2.75, 3.05) is 11.5 Å². The van der Waals surface area contributed by atoms with Crippen LogP contribution in [0.3, 0.4) is 0 Å². The second-order valence-electron chi connectivity index (χ2n) is 5.67. The normalized spacial score (nSPS) is 22.0. The van der Waals surface area contributed by atoms with E-state index in [1.165, 1.54) is 0 Å². The third-order valence-corrected chi connectivity index (χ3v) is 5.53. The van der Waals surface area contributed by atoms with Crippen molar-refractivity contribution < 1.29 is 14.6 Å². The summed E-state index contributed by atoms with van der Waals surface area (Å²) in [7, 11) is 0.